The standard InChI is InChI=1S/C19H19N3O/c1-14(2)16-10-8-15(9-11-16)13-21-22-19(23)18(12-20)17-6-4-3-5-7-17/h3-11,13-14,18H,1-2H3,(H,22,23)/b21-13-/t18-/m1/s1. The van der Waals surface area contributed by atoms with Gasteiger partial charge in [0.05, 0.1) is 12.3 Å². The van der Waals surface area contributed by atoms with E-state index in [0.717, 1.165) is 5.56 Å². The first-order chi connectivity index (χ1) is 11.1. The highest BCUT2D eigenvalue weighted by molar-refractivity contribution is 5.88. The van der Waals surface area contributed by atoms with E-state index in [2.05, 4.69) is 24.4 Å². The number of amides is 1. The minimum absolute atomic E-state index is 0.436. The van der Waals surface area contributed by atoms with E-state index in [1.54, 1.807) is 30.5 Å². The summed E-state index contributed by atoms with van der Waals surface area (Å²) in [6.45, 7) is 4.27. The van der Waals surface area contributed by atoms with Crippen LogP contribution < -0.4 is 5.43 Å². The number of nitrogens with one attached hydrogen (secondary N) is 1. The van der Waals surface area contributed by atoms with E-state index >= 15 is 0 Å². The maximum atomic E-state index is 12.1. The van der Waals surface area contributed by atoms with Gasteiger partial charge < -0.3 is 0 Å². The molecule has 0 saturated heterocycles. The van der Waals surface area contributed by atoms with Crippen molar-refractivity contribution in [2.24, 2.45) is 5.10 Å². The van der Waals surface area contributed by atoms with Crippen molar-refractivity contribution in [3.8, 4) is 6.07 Å². The van der Waals surface area contributed by atoms with Gasteiger partial charge in [-0.1, -0.05) is 68.4 Å². The third kappa shape index (κ3) is 4.52. The quantitative estimate of drug-likeness (QED) is 0.678. The van der Waals surface area contributed by atoms with Crippen LogP contribution in [-0.2, 0) is 4.79 Å². The molecule has 0 aliphatic heterocycles. The molecule has 0 unspecified atom stereocenters. The van der Waals surface area contributed by atoms with E-state index in [1.807, 2.05) is 36.4 Å². The molecule has 1 N–H and O–H groups in total. The molecule has 0 aliphatic rings. The second-order valence-corrected chi connectivity index (χ2v) is 5.53. The van der Waals surface area contributed by atoms with Gasteiger partial charge >= 0.3 is 0 Å². The molecule has 0 bridgehead atoms. The Labute approximate surface area is 136 Å². The second-order valence-electron chi connectivity index (χ2n) is 5.53. The molecule has 0 aromatic heterocycles. The van der Waals surface area contributed by atoms with Gasteiger partial charge in [0.2, 0.25) is 0 Å². The van der Waals surface area contributed by atoms with E-state index < -0.39 is 11.8 Å². The van der Waals surface area contributed by atoms with Crippen LogP contribution in [0.25, 0.3) is 0 Å². The third-order valence-corrected chi connectivity index (χ3v) is 3.52. The van der Waals surface area contributed by atoms with E-state index in [0.29, 0.717) is 11.5 Å². The summed E-state index contributed by atoms with van der Waals surface area (Å²) in [7, 11) is 0. The monoisotopic (exact) mass is 305 g/mol. The van der Waals surface area contributed by atoms with E-state index in [4.69, 9.17) is 0 Å². The van der Waals surface area contributed by atoms with E-state index in [-0.39, 0.29) is 0 Å². The summed E-state index contributed by atoms with van der Waals surface area (Å²) in [4.78, 5) is 12.1. The summed E-state index contributed by atoms with van der Waals surface area (Å²) in [6.07, 6.45) is 1.57. The van der Waals surface area contributed by atoms with Gasteiger partial charge in [-0.15, -0.1) is 0 Å². The van der Waals surface area contributed by atoms with Crippen LogP contribution >= 0.6 is 0 Å². The van der Waals surface area contributed by atoms with Crippen LogP contribution in [0.15, 0.2) is 59.7 Å². The number of hydrogen-bond donors (Lipinski definition) is 1. The van der Waals surface area contributed by atoms with Crippen molar-refractivity contribution in [3.63, 3.8) is 0 Å². The average Bonchev–Trinajstić information content (AvgIpc) is 2.57. The number of nitrogens with zero attached hydrogens (tertiary/aromatic N) is 2. The highest BCUT2D eigenvalue weighted by Crippen LogP contribution is 2.15. The number of nitriles is 1. The molecule has 4 nitrogen and oxygen atoms in total. The van der Waals surface area contributed by atoms with Crippen LogP contribution in [0.1, 0.15) is 42.4 Å². The predicted molar refractivity (Wildman–Crippen MR) is 91.1 cm³/mol. The normalized spacial score (nSPS) is 12.1. The first kappa shape index (κ1) is 16.4. The van der Waals surface area contributed by atoms with Crippen molar-refractivity contribution in [2.75, 3.05) is 0 Å². The van der Waals surface area contributed by atoms with Crippen LogP contribution in [0.3, 0.4) is 0 Å². The zero-order valence-corrected chi connectivity index (χ0v) is 13.2. The van der Waals surface area contributed by atoms with E-state index in [9.17, 15) is 10.1 Å². The van der Waals surface area contributed by atoms with Crippen molar-refractivity contribution in [1.29, 1.82) is 5.26 Å². The summed E-state index contributed by atoms with van der Waals surface area (Å²) in [5.74, 6) is -0.826. The van der Waals surface area contributed by atoms with Crippen molar-refractivity contribution >= 4 is 12.1 Å². The Hall–Kier alpha value is -2.93. The van der Waals surface area contributed by atoms with Crippen molar-refractivity contribution < 1.29 is 4.79 Å². The number of hydrazone groups is 1. The fraction of sp³-hybridized carbons (Fsp3) is 0.211. The Morgan fingerprint density at radius 1 is 1.09 bits per heavy atom. The van der Waals surface area contributed by atoms with E-state index in [1.165, 1.54) is 5.56 Å². The SMILES string of the molecule is CC(C)c1ccc(/C=N\NC(=O)[C@H](C#N)c2ccccc2)cc1. The zero-order valence-electron chi connectivity index (χ0n) is 13.2. The molecule has 0 radical (unpaired) electrons. The van der Waals surface area contributed by atoms with Crippen molar-refractivity contribution in [3.05, 3.63) is 71.3 Å². The largest absolute Gasteiger partial charge is 0.271 e. The van der Waals surface area contributed by atoms with Gasteiger partial charge in [-0.2, -0.15) is 10.4 Å². The van der Waals surface area contributed by atoms with Gasteiger partial charge in [-0.25, -0.2) is 5.43 Å². The molecule has 2 aromatic carbocycles. The fourth-order valence-corrected chi connectivity index (χ4v) is 2.13. The average molecular weight is 305 g/mol. The van der Waals surface area contributed by atoms with Crippen LogP contribution in [0.2, 0.25) is 0 Å². The Bertz CT molecular complexity index is 713. The van der Waals surface area contributed by atoms with Gasteiger partial charge in [0.25, 0.3) is 5.91 Å². The van der Waals surface area contributed by atoms with Gasteiger partial charge in [0, 0.05) is 0 Å². The van der Waals surface area contributed by atoms with Gasteiger partial charge in [0.1, 0.15) is 0 Å². The topological polar surface area (TPSA) is 65.2 Å². The Morgan fingerprint density at radius 2 is 1.74 bits per heavy atom. The third-order valence-electron chi connectivity index (χ3n) is 3.52. The maximum absolute atomic E-state index is 12.1. The fourth-order valence-electron chi connectivity index (χ4n) is 2.13. The first-order valence-electron chi connectivity index (χ1n) is 7.49. The minimum Gasteiger partial charge on any atom is -0.271 e. The Morgan fingerprint density at radius 3 is 2.30 bits per heavy atom. The maximum Gasteiger partial charge on any atom is 0.261 e. The molecule has 1 atom stereocenters. The first-order valence-corrected chi connectivity index (χ1v) is 7.49. The molecule has 116 valence electrons. The van der Waals surface area contributed by atoms with Crippen LogP contribution in [-0.4, -0.2) is 12.1 Å². The summed E-state index contributed by atoms with van der Waals surface area (Å²) in [6, 6.07) is 18.9. The Kier molecular flexibility index (Phi) is 5.65. The number of carbonyl (C=O) groups is 1. The van der Waals surface area contributed by atoms with Crippen molar-refractivity contribution in [2.45, 2.75) is 25.7 Å². The molecule has 0 heterocycles. The lowest BCUT2D eigenvalue weighted by molar-refractivity contribution is -0.121. The molecule has 0 spiro atoms. The second kappa shape index (κ2) is 7.90. The lowest BCUT2D eigenvalue weighted by Crippen LogP contribution is -2.24. The number of carbonyl (C=O) groups excluding carboxylic acids is 1. The molecule has 0 aliphatic carbocycles. The van der Waals surface area contributed by atoms with Crippen LogP contribution in [0, 0.1) is 11.3 Å². The summed E-state index contributed by atoms with van der Waals surface area (Å²) in [5.41, 5.74) is 5.22. The number of rotatable bonds is 5. The molecule has 2 aromatic rings. The summed E-state index contributed by atoms with van der Waals surface area (Å²) < 4.78 is 0. The number of benzene rings is 2. The molecular weight excluding hydrogens is 286 g/mol. The van der Waals surface area contributed by atoms with Crippen LogP contribution in [0.5, 0.6) is 0 Å². The molecule has 0 fully saturated rings. The number of hydrogen-bond acceptors (Lipinski definition) is 3. The highest BCUT2D eigenvalue weighted by atomic mass is 16.2. The van der Waals surface area contributed by atoms with Gasteiger partial charge in [-0.05, 0) is 22.6 Å². The zero-order chi connectivity index (χ0) is 16.7. The smallest absolute Gasteiger partial charge is 0.261 e. The summed E-state index contributed by atoms with van der Waals surface area (Å²) in [5, 5.41) is 13.1. The van der Waals surface area contributed by atoms with Crippen molar-refractivity contribution in [1.82, 2.24) is 5.43 Å². The lowest BCUT2D eigenvalue weighted by atomic mass is 10.0. The Balaban J connectivity index is 1.99. The molecule has 1 amide bonds. The van der Waals surface area contributed by atoms with Gasteiger partial charge in [0.15, 0.2) is 5.92 Å². The highest BCUT2D eigenvalue weighted by Gasteiger charge is 2.19. The predicted octanol–water partition coefficient (Wildman–Crippen LogP) is 3.57. The molecule has 4 heteroatoms. The van der Waals surface area contributed by atoms with Gasteiger partial charge in [-0.3, -0.25) is 4.79 Å². The summed E-state index contributed by atoms with van der Waals surface area (Å²) >= 11 is 0. The molecule has 2 rings (SSSR count). The molecule has 0 saturated carbocycles. The molecule has 23 heavy (non-hydrogen) atoms. The minimum atomic E-state index is -0.864. The van der Waals surface area contributed by atoms with Crippen LogP contribution in [0.4, 0.5) is 0 Å². The lowest BCUT2D eigenvalue weighted by Gasteiger charge is -2.07. The molecular formula is C19H19N3O.